The van der Waals surface area contributed by atoms with Gasteiger partial charge in [0.25, 0.3) is 0 Å². The molecule has 0 saturated carbocycles. The van der Waals surface area contributed by atoms with Crippen molar-refractivity contribution in [1.82, 2.24) is 25.1 Å². The average Bonchev–Trinajstić information content (AvgIpc) is 3.16. The van der Waals surface area contributed by atoms with Gasteiger partial charge in [0, 0.05) is 31.2 Å². The Hall–Kier alpha value is -2.64. The Bertz CT molecular complexity index is 843. The van der Waals surface area contributed by atoms with Crippen LogP contribution in [0.15, 0.2) is 0 Å². The van der Waals surface area contributed by atoms with E-state index in [4.69, 9.17) is 14.5 Å². The first-order chi connectivity index (χ1) is 14.5. The standard InChI is InChI=1S/C20H28N6O4/c1-25-9-2-4-14(25)12-30-18-23-16(15-5-3-11-29-17(15)24-18)20(6-7-21)13-22-8-10-26(20)19(27)28/h14,22H,2-6,8-13H2,1H3,(H,27,28)/t14-,20?/m0/s1. The third-order valence-corrected chi connectivity index (χ3v) is 6.32. The Balaban J connectivity index is 1.74. The number of nitrogens with zero attached hydrogens (tertiary/aromatic N) is 5. The van der Waals surface area contributed by atoms with Crippen molar-refractivity contribution >= 4 is 6.09 Å². The topological polar surface area (TPSA) is 124 Å². The number of aromatic nitrogens is 2. The van der Waals surface area contributed by atoms with Gasteiger partial charge in [-0.05, 0) is 39.3 Å². The zero-order valence-corrected chi connectivity index (χ0v) is 17.3. The number of hydrogen-bond donors (Lipinski definition) is 2. The van der Waals surface area contributed by atoms with E-state index in [0.717, 1.165) is 31.4 Å². The van der Waals surface area contributed by atoms with E-state index in [-0.39, 0.29) is 19.0 Å². The minimum absolute atomic E-state index is 0.0133. The van der Waals surface area contributed by atoms with Crippen LogP contribution in [0.3, 0.4) is 0 Å². The highest BCUT2D eigenvalue weighted by Crippen LogP contribution is 2.39. The van der Waals surface area contributed by atoms with Gasteiger partial charge in [-0.15, -0.1) is 0 Å². The molecular weight excluding hydrogens is 388 g/mol. The molecule has 0 radical (unpaired) electrons. The molecule has 0 aliphatic carbocycles. The number of likely N-dealkylation sites (N-methyl/N-ethyl adjacent to an activating group) is 1. The predicted molar refractivity (Wildman–Crippen MR) is 107 cm³/mol. The fourth-order valence-corrected chi connectivity index (χ4v) is 4.67. The average molecular weight is 416 g/mol. The zero-order valence-electron chi connectivity index (χ0n) is 17.3. The Morgan fingerprint density at radius 2 is 2.30 bits per heavy atom. The van der Waals surface area contributed by atoms with Crippen molar-refractivity contribution in [1.29, 1.82) is 5.26 Å². The maximum Gasteiger partial charge on any atom is 0.408 e. The predicted octanol–water partition coefficient (Wildman–Crippen LogP) is 0.967. The smallest absolute Gasteiger partial charge is 0.408 e. The van der Waals surface area contributed by atoms with Crippen molar-refractivity contribution in [3.63, 3.8) is 0 Å². The number of carboxylic acid groups (broad SMARTS) is 1. The second kappa shape index (κ2) is 8.62. The molecule has 2 fully saturated rings. The van der Waals surface area contributed by atoms with Crippen molar-refractivity contribution in [2.45, 2.75) is 43.7 Å². The number of nitriles is 1. The van der Waals surface area contributed by atoms with Gasteiger partial charge in [0.1, 0.15) is 12.1 Å². The summed E-state index contributed by atoms with van der Waals surface area (Å²) in [4.78, 5) is 24.8. The van der Waals surface area contributed by atoms with Crippen molar-refractivity contribution in [3.8, 4) is 18.0 Å². The number of rotatable bonds is 5. The number of nitrogens with one attached hydrogen (secondary N) is 1. The van der Waals surface area contributed by atoms with Gasteiger partial charge in [-0.25, -0.2) is 4.79 Å². The Labute approximate surface area is 175 Å². The molecule has 4 rings (SSSR count). The fourth-order valence-electron chi connectivity index (χ4n) is 4.67. The third-order valence-electron chi connectivity index (χ3n) is 6.32. The molecule has 2 atom stereocenters. The summed E-state index contributed by atoms with van der Waals surface area (Å²) < 4.78 is 11.8. The summed E-state index contributed by atoms with van der Waals surface area (Å²) in [5.41, 5.74) is 0.198. The Morgan fingerprint density at radius 1 is 1.43 bits per heavy atom. The van der Waals surface area contributed by atoms with E-state index >= 15 is 0 Å². The molecule has 1 aromatic heterocycles. The molecule has 2 saturated heterocycles. The lowest BCUT2D eigenvalue weighted by molar-refractivity contribution is 0.0521. The molecule has 3 aliphatic heterocycles. The molecule has 162 valence electrons. The molecule has 10 heteroatoms. The van der Waals surface area contributed by atoms with Gasteiger partial charge < -0.3 is 24.8 Å². The van der Waals surface area contributed by atoms with Gasteiger partial charge in [-0.1, -0.05) is 0 Å². The number of hydrogen-bond acceptors (Lipinski definition) is 8. The Morgan fingerprint density at radius 3 is 3.03 bits per heavy atom. The molecule has 1 amide bonds. The highest BCUT2D eigenvalue weighted by atomic mass is 16.5. The lowest BCUT2D eigenvalue weighted by atomic mass is 9.84. The highest BCUT2D eigenvalue weighted by molar-refractivity contribution is 5.67. The van der Waals surface area contributed by atoms with Gasteiger partial charge in [-0.3, -0.25) is 4.90 Å². The summed E-state index contributed by atoms with van der Waals surface area (Å²) in [7, 11) is 2.07. The first-order valence-electron chi connectivity index (χ1n) is 10.5. The van der Waals surface area contributed by atoms with E-state index in [0.29, 0.717) is 50.3 Å². The maximum absolute atomic E-state index is 12.1. The summed E-state index contributed by atoms with van der Waals surface area (Å²) in [6, 6.07) is 2.66. The molecule has 1 aromatic rings. The normalized spacial score (nSPS) is 26.5. The SMILES string of the molecule is CN1CCC[C@H]1COc1nc2c(c(C3(CC#N)CNCCN3C(=O)O)n1)CCCO2. The molecule has 1 unspecified atom stereocenters. The number of carbonyl (C=O) groups is 1. The number of ether oxygens (including phenoxy) is 2. The van der Waals surface area contributed by atoms with Crippen LogP contribution in [-0.2, 0) is 12.0 Å². The van der Waals surface area contributed by atoms with Crippen molar-refractivity contribution in [2.24, 2.45) is 0 Å². The molecule has 2 N–H and O–H groups in total. The zero-order chi connectivity index (χ0) is 21.1. The summed E-state index contributed by atoms with van der Waals surface area (Å²) in [5.74, 6) is 0.439. The molecule has 0 aromatic carbocycles. The van der Waals surface area contributed by atoms with Gasteiger partial charge in [0.2, 0.25) is 5.88 Å². The quantitative estimate of drug-likeness (QED) is 0.722. The number of fused-ring (bicyclic) bond motifs is 1. The van der Waals surface area contributed by atoms with Crippen LogP contribution >= 0.6 is 0 Å². The summed E-state index contributed by atoms with van der Waals surface area (Å²) in [5, 5.41) is 22.7. The molecule has 10 nitrogen and oxygen atoms in total. The van der Waals surface area contributed by atoms with Gasteiger partial charge in [-0.2, -0.15) is 15.2 Å². The first-order valence-corrected chi connectivity index (χ1v) is 10.5. The van der Waals surface area contributed by atoms with Crippen LogP contribution in [0.25, 0.3) is 0 Å². The lowest BCUT2D eigenvalue weighted by Crippen LogP contribution is -2.61. The van der Waals surface area contributed by atoms with Gasteiger partial charge >= 0.3 is 12.1 Å². The first kappa shape index (κ1) is 20.6. The number of likely N-dealkylation sites (tertiary alicyclic amines) is 1. The molecule has 4 heterocycles. The summed E-state index contributed by atoms with van der Waals surface area (Å²) in [6.45, 7) is 3.15. The van der Waals surface area contributed by atoms with E-state index < -0.39 is 11.6 Å². The van der Waals surface area contributed by atoms with Crippen molar-refractivity contribution in [3.05, 3.63) is 11.3 Å². The van der Waals surface area contributed by atoms with Crippen LogP contribution in [-0.4, -0.2) is 83.4 Å². The molecule has 0 spiro atoms. The van der Waals surface area contributed by atoms with Crippen molar-refractivity contribution in [2.75, 3.05) is 46.4 Å². The van der Waals surface area contributed by atoms with Crippen LogP contribution in [0.2, 0.25) is 0 Å². The number of amides is 1. The maximum atomic E-state index is 12.1. The van der Waals surface area contributed by atoms with Gasteiger partial charge in [0.15, 0.2) is 0 Å². The molecule has 30 heavy (non-hydrogen) atoms. The van der Waals surface area contributed by atoms with E-state index in [1.165, 1.54) is 4.90 Å². The Kier molecular flexibility index (Phi) is 5.92. The summed E-state index contributed by atoms with van der Waals surface area (Å²) in [6.07, 6.45) is 2.58. The van der Waals surface area contributed by atoms with Crippen LogP contribution in [0, 0.1) is 11.3 Å². The summed E-state index contributed by atoms with van der Waals surface area (Å²) >= 11 is 0. The van der Waals surface area contributed by atoms with Gasteiger partial charge in [0.05, 0.1) is 24.8 Å². The highest BCUT2D eigenvalue weighted by Gasteiger charge is 2.47. The van der Waals surface area contributed by atoms with Crippen LogP contribution in [0.5, 0.6) is 11.9 Å². The van der Waals surface area contributed by atoms with E-state index in [1.54, 1.807) is 0 Å². The van der Waals surface area contributed by atoms with E-state index in [2.05, 4.69) is 28.3 Å². The van der Waals surface area contributed by atoms with Crippen LogP contribution < -0.4 is 14.8 Å². The third kappa shape index (κ3) is 3.75. The number of piperazine rings is 1. The fraction of sp³-hybridized carbons (Fsp3) is 0.700. The lowest BCUT2D eigenvalue weighted by Gasteiger charge is -2.45. The monoisotopic (exact) mass is 416 g/mol. The van der Waals surface area contributed by atoms with Crippen molar-refractivity contribution < 1.29 is 19.4 Å². The minimum Gasteiger partial charge on any atom is -0.477 e. The minimum atomic E-state index is -1.10. The molecular formula is C20H28N6O4. The van der Waals surface area contributed by atoms with Crippen LogP contribution in [0.1, 0.15) is 36.9 Å². The molecule has 0 bridgehead atoms. The van der Waals surface area contributed by atoms with E-state index in [1.807, 2.05) is 0 Å². The molecule has 3 aliphatic rings. The van der Waals surface area contributed by atoms with E-state index in [9.17, 15) is 15.2 Å². The largest absolute Gasteiger partial charge is 0.477 e. The second-order valence-electron chi connectivity index (χ2n) is 8.16. The van der Waals surface area contributed by atoms with Crippen LogP contribution in [0.4, 0.5) is 4.79 Å². The second-order valence-corrected chi connectivity index (χ2v) is 8.16.